The summed E-state index contributed by atoms with van der Waals surface area (Å²) in [5.41, 5.74) is 3.99. The smallest absolute Gasteiger partial charge is 0.0411 e. The lowest BCUT2D eigenvalue weighted by Gasteiger charge is -2.16. The number of hydrogen-bond acceptors (Lipinski definition) is 2. The molecule has 0 aliphatic carbocycles. The van der Waals surface area contributed by atoms with E-state index in [-0.39, 0.29) is 0 Å². The molecule has 104 valence electrons. The molecule has 0 amide bonds. The van der Waals surface area contributed by atoms with Crippen molar-refractivity contribution >= 4 is 11.8 Å². The Hall–Kier alpha value is -1.25. The van der Waals surface area contributed by atoms with Crippen molar-refractivity contribution in [2.45, 2.75) is 24.6 Å². The van der Waals surface area contributed by atoms with Crippen LogP contribution < -0.4 is 5.32 Å². The molecule has 1 aliphatic heterocycles. The summed E-state index contributed by atoms with van der Waals surface area (Å²) < 4.78 is 0. The summed E-state index contributed by atoms with van der Waals surface area (Å²) >= 11 is 2.08. The van der Waals surface area contributed by atoms with Gasteiger partial charge < -0.3 is 5.32 Å². The van der Waals surface area contributed by atoms with Gasteiger partial charge in [0.05, 0.1) is 0 Å². The highest BCUT2D eigenvalue weighted by Gasteiger charge is 2.17. The largest absolute Gasteiger partial charge is 0.309 e. The van der Waals surface area contributed by atoms with Crippen LogP contribution in [0.15, 0.2) is 54.6 Å². The van der Waals surface area contributed by atoms with Crippen LogP contribution in [-0.4, -0.2) is 17.5 Å². The molecule has 0 radical (unpaired) electrons. The third-order valence-corrected chi connectivity index (χ3v) is 5.24. The Labute approximate surface area is 125 Å². The normalized spacial score (nSPS) is 23.2. The number of hydrogen-bond donors (Lipinski definition) is 1. The van der Waals surface area contributed by atoms with Crippen LogP contribution in [0.3, 0.4) is 0 Å². The fourth-order valence-corrected chi connectivity index (χ4v) is 3.73. The Bertz CT molecular complexity index is 535. The molecule has 0 aromatic heterocycles. The zero-order valence-corrected chi connectivity index (χ0v) is 12.7. The highest BCUT2D eigenvalue weighted by molar-refractivity contribution is 7.99. The first-order valence-corrected chi connectivity index (χ1v) is 8.38. The van der Waals surface area contributed by atoms with Crippen molar-refractivity contribution in [3.63, 3.8) is 0 Å². The van der Waals surface area contributed by atoms with E-state index >= 15 is 0 Å². The monoisotopic (exact) mass is 283 g/mol. The molecule has 0 saturated carbocycles. The molecule has 2 unspecified atom stereocenters. The lowest BCUT2D eigenvalue weighted by Crippen LogP contribution is -2.22. The van der Waals surface area contributed by atoms with Gasteiger partial charge in [-0.15, -0.1) is 0 Å². The van der Waals surface area contributed by atoms with Crippen molar-refractivity contribution in [3.05, 3.63) is 60.2 Å². The zero-order chi connectivity index (χ0) is 13.8. The summed E-state index contributed by atoms with van der Waals surface area (Å²) in [7, 11) is 0. The van der Waals surface area contributed by atoms with Gasteiger partial charge in [0, 0.05) is 17.0 Å². The first-order chi connectivity index (χ1) is 9.83. The highest BCUT2D eigenvalue weighted by Crippen LogP contribution is 2.27. The molecule has 3 rings (SSSR count). The maximum absolute atomic E-state index is 3.67. The van der Waals surface area contributed by atoms with Gasteiger partial charge in [0.2, 0.25) is 0 Å². The minimum absolute atomic E-state index is 0.495. The molecule has 20 heavy (non-hydrogen) atoms. The van der Waals surface area contributed by atoms with Gasteiger partial charge in [-0.25, -0.2) is 0 Å². The van der Waals surface area contributed by atoms with Crippen LogP contribution in [0, 0.1) is 0 Å². The standard InChI is InChI=1S/C18H21NS/c1-14-11-12-19-18(13-20-14)17-9-7-16(8-10-17)15-5-3-2-4-6-15/h2-10,14,18-19H,11-13H2,1H3. The van der Waals surface area contributed by atoms with Gasteiger partial charge in [-0.3, -0.25) is 0 Å². The van der Waals surface area contributed by atoms with E-state index in [2.05, 4.69) is 78.6 Å². The summed E-state index contributed by atoms with van der Waals surface area (Å²) in [5, 5.41) is 4.44. The minimum atomic E-state index is 0.495. The van der Waals surface area contributed by atoms with Crippen LogP contribution in [0.5, 0.6) is 0 Å². The van der Waals surface area contributed by atoms with Crippen molar-refractivity contribution in [2.75, 3.05) is 12.3 Å². The average Bonchev–Trinajstić information content (AvgIpc) is 2.73. The number of nitrogens with one attached hydrogen (secondary N) is 1. The van der Waals surface area contributed by atoms with E-state index in [0.29, 0.717) is 6.04 Å². The van der Waals surface area contributed by atoms with E-state index in [1.54, 1.807) is 0 Å². The average molecular weight is 283 g/mol. The Morgan fingerprint density at radius 3 is 2.40 bits per heavy atom. The van der Waals surface area contributed by atoms with Gasteiger partial charge in [0.25, 0.3) is 0 Å². The third-order valence-electron chi connectivity index (χ3n) is 3.91. The molecule has 1 saturated heterocycles. The second-order valence-electron chi connectivity index (χ2n) is 5.43. The van der Waals surface area contributed by atoms with Crippen molar-refractivity contribution < 1.29 is 0 Å². The zero-order valence-electron chi connectivity index (χ0n) is 11.9. The Morgan fingerprint density at radius 2 is 1.65 bits per heavy atom. The molecule has 1 fully saturated rings. The van der Waals surface area contributed by atoms with E-state index in [1.807, 2.05) is 0 Å². The molecule has 1 N–H and O–H groups in total. The predicted molar refractivity (Wildman–Crippen MR) is 89.2 cm³/mol. The maximum atomic E-state index is 3.67. The van der Waals surface area contributed by atoms with Crippen LogP contribution in [0.2, 0.25) is 0 Å². The second kappa shape index (κ2) is 6.47. The van der Waals surface area contributed by atoms with E-state index in [9.17, 15) is 0 Å². The minimum Gasteiger partial charge on any atom is -0.309 e. The van der Waals surface area contributed by atoms with Gasteiger partial charge in [-0.05, 0) is 29.7 Å². The molecule has 0 bridgehead atoms. The fraction of sp³-hybridized carbons (Fsp3) is 0.333. The highest BCUT2D eigenvalue weighted by atomic mass is 32.2. The van der Waals surface area contributed by atoms with Crippen molar-refractivity contribution in [2.24, 2.45) is 0 Å². The van der Waals surface area contributed by atoms with E-state index in [4.69, 9.17) is 0 Å². The van der Waals surface area contributed by atoms with Gasteiger partial charge >= 0.3 is 0 Å². The number of rotatable bonds is 2. The quantitative estimate of drug-likeness (QED) is 0.870. The van der Waals surface area contributed by atoms with Gasteiger partial charge in [-0.1, -0.05) is 61.5 Å². The molecule has 1 nitrogen and oxygen atoms in total. The molecule has 1 aliphatic rings. The molecule has 2 atom stereocenters. The molecular formula is C18H21NS. The lowest BCUT2D eigenvalue weighted by atomic mass is 10.0. The molecule has 0 spiro atoms. The number of thioether (sulfide) groups is 1. The molecule has 2 heteroatoms. The SMILES string of the molecule is CC1CCNC(c2ccc(-c3ccccc3)cc2)CS1. The summed E-state index contributed by atoms with van der Waals surface area (Å²) in [6, 6.07) is 20.1. The number of benzene rings is 2. The summed E-state index contributed by atoms with van der Waals surface area (Å²) in [6.07, 6.45) is 1.27. The molecular weight excluding hydrogens is 262 g/mol. The molecule has 2 aromatic carbocycles. The molecule has 1 heterocycles. The van der Waals surface area contributed by atoms with E-state index < -0.39 is 0 Å². The van der Waals surface area contributed by atoms with Gasteiger partial charge in [0.1, 0.15) is 0 Å². The second-order valence-corrected chi connectivity index (χ2v) is 6.90. The lowest BCUT2D eigenvalue weighted by molar-refractivity contribution is 0.579. The third kappa shape index (κ3) is 3.25. The first kappa shape index (κ1) is 13.7. The van der Waals surface area contributed by atoms with Crippen molar-refractivity contribution in [3.8, 4) is 11.1 Å². The van der Waals surface area contributed by atoms with Crippen LogP contribution in [0.4, 0.5) is 0 Å². The predicted octanol–water partition coefficient (Wildman–Crippen LogP) is 4.51. The maximum Gasteiger partial charge on any atom is 0.0411 e. The fourth-order valence-electron chi connectivity index (χ4n) is 2.62. The summed E-state index contributed by atoms with van der Waals surface area (Å²) in [4.78, 5) is 0. The first-order valence-electron chi connectivity index (χ1n) is 7.33. The van der Waals surface area contributed by atoms with Crippen LogP contribution >= 0.6 is 11.8 Å². The van der Waals surface area contributed by atoms with Gasteiger partial charge in [-0.2, -0.15) is 11.8 Å². The Morgan fingerprint density at radius 1 is 0.950 bits per heavy atom. The van der Waals surface area contributed by atoms with Crippen LogP contribution in [0.25, 0.3) is 11.1 Å². The van der Waals surface area contributed by atoms with Gasteiger partial charge in [0.15, 0.2) is 0 Å². The van der Waals surface area contributed by atoms with E-state index in [0.717, 1.165) is 11.8 Å². The van der Waals surface area contributed by atoms with Crippen LogP contribution in [-0.2, 0) is 0 Å². The van der Waals surface area contributed by atoms with Crippen molar-refractivity contribution in [1.29, 1.82) is 0 Å². The Balaban J connectivity index is 1.76. The van der Waals surface area contributed by atoms with E-state index in [1.165, 1.54) is 28.9 Å². The topological polar surface area (TPSA) is 12.0 Å². The van der Waals surface area contributed by atoms with Crippen LogP contribution in [0.1, 0.15) is 24.9 Å². The Kier molecular flexibility index (Phi) is 4.44. The van der Waals surface area contributed by atoms with Crippen molar-refractivity contribution in [1.82, 2.24) is 5.32 Å². The molecule has 2 aromatic rings. The summed E-state index contributed by atoms with van der Waals surface area (Å²) in [5.74, 6) is 1.17. The summed E-state index contributed by atoms with van der Waals surface area (Å²) in [6.45, 7) is 3.45.